The predicted octanol–water partition coefficient (Wildman–Crippen LogP) is 2.12. The predicted molar refractivity (Wildman–Crippen MR) is 90.5 cm³/mol. The average molecular weight is 320 g/mol. The molecule has 0 radical (unpaired) electrons. The highest BCUT2D eigenvalue weighted by Crippen LogP contribution is 2.18. The summed E-state index contributed by atoms with van der Waals surface area (Å²) in [5.74, 6) is 0.780. The summed E-state index contributed by atoms with van der Waals surface area (Å²) in [6, 6.07) is 7.76. The third kappa shape index (κ3) is 5.52. The lowest BCUT2D eigenvalue weighted by Crippen LogP contribution is -2.46. The van der Waals surface area contributed by atoms with Gasteiger partial charge in [0.15, 0.2) is 6.10 Å². The van der Waals surface area contributed by atoms with Crippen LogP contribution in [0.4, 0.5) is 0 Å². The van der Waals surface area contributed by atoms with Crippen LogP contribution in [-0.2, 0) is 9.53 Å². The summed E-state index contributed by atoms with van der Waals surface area (Å²) in [4.78, 5) is 14.4. The van der Waals surface area contributed by atoms with Gasteiger partial charge in [0, 0.05) is 19.7 Å². The van der Waals surface area contributed by atoms with Gasteiger partial charge in [-0.25, -0.2) is 0 Å². The fourth-order valence-corrected chi connectivity index (χ4v) is 2.70. The van der Waals surface area contributed by atoms with Gasteiger partial charge in [-0.1, -0.05) is 17.7 Å². The largest absolute Gasteiger partial charge is 0.481 e. The Balaban J connectivity index is 1.76. The number of aryl methyl sites for hydroxylation is 1. The van der Waals surface area contributed by atoms with E-state index in [1.54, 1.807) is 0 Å². The first kappa shape index (κ1) is 17.8. The van der Waals surface area contributed by atoms with Crippen LogP contribution in [-0.4, -0.2) is 49.3 Å². The van der Waals surface area contributed by atoms with Gasteiger partial charge in [-0.05, 0) is 51.8 Å². The lowest BCUT2D eigenvalue weighted by Gasteiger charge is -2.33. The maximum absolute atomic E-state index is 12.5. The Morgan fingerprint density at radius 1 is 1.30 bits per heavy atom. The van der Waals surface area contributed by atoms with Gasteiger partial charge < -0.3 is 20.1 Å². The number of rotatable bonds is 7. The van der Waals surface area contributed by atoms with Crippen molar-refractivity contribution in [1.82, 2.24) is 4.90 Å². The molecule has 1 aromatic carbocycles. The quantitative estimate of drug-likeness (QED) is 0.782. The lowest BCUT2D eigenvalue weighted by atomic mass is 10.1. The van der Waals surface area contributed by atoms with E-state index in [1.165, 1.54) is 5.56 Å². The number of likely N-dealkylation sites (tertiary alicyclic amines) is 1. The molecule has 1 aliphatic heterocycles. The second-order valence-electron chi connectivity index (χ2n) is 6.11. The van der Waals surface area contributed by atoms with Gasteiger partial charge in [-0.3, -0.25) is 4.79 Å². The van der Waals surface area contributed by atoms with Crippen molar-refractivity contribution < 1.29 is 14.3 Å². The summed E-state index contributed by atoms with van der Waals surface area (Å²) in [6.45, 7) is 6.67. The van der Waals surface area contributed by atoms with Crippen LogP contribution in [0.15, 0.2) is 24.3 Å². The molecule has 1 unspecified atom stereocenters. The number of carbonyl (C=O) groups is 1. The van der Waals surface area contributed by atoms with Crippen LogP contribution < -0.4 is 10.5 Å². The molecule has 1 atom stereocenters. The fourth-order valence-electron chi connectivity index (χ4n) is 2.70. The molecule has 1 amide bonds. The van der Waals surface area contributed by atoms with E-state index in [0.717, 1.165) is 38.1 Å². The van der Waals surface area contributed by atoms with E-state index in [-0.39, 0.29) is 12.0 Å². The van der Waals surface area contributed by atoms with Crippen LogP contribution in [0.25, 0.3) is 0 Å². The maximum atomic E-state index is 12.5. The smallest absolute Gasteiger partial charge is 0.263 e. The summed E-state index contributed by atoms with van der Waals surface area (Å²) < 4.78 is 11.5. The molecule has 0 spiro atoms. The van der Waals surface area contributed by atoms with E-state index in [1.807, 2.05) is 43.0 Å². The van der Waals surface area contributed by atoms with Crippen molar-refractivity contribution >= 4 is 5.91 Å². The van der Waals surface area contributed by atoms with E-state index in [0.29, 0.717) is 13.2 Å². The highest BCUT2D eigenvalue weighted by atomic mass is 16.5. The van der Waals surface area contributed by atoms with Crippen molar-refractivity contribution in [3.63, 3.8) is 0 Å². The molecule has 1 fully saturated rings. The zero-order chi connectivity index (χ0) is 16.7. The zero-order valence-electron chi connectivity index (χ0n) is 14.2. The minimum absolute atomic E-state index is 0.0472. The summed E-state index contributed by atoms with van der Waals surface area (Å²) in [7, 11) is 0. The molecule has 23 heavy (non-hydrogen) atoms. The number of piperidine rings is 1. The van der Waals surface area contributed by atoms with Crippen LogP contribution >= 0.6 is 0 Å². The van der Waals surface area contributed by atoms with Gasteiger partial charge >= 0.3 is 0 Å². The molecule has 1 heterocycles. The third-order valence-electron chi connectivity index (χ3n) is 4.14. The summed E-state index contributed by atoms with van der Waals surface area (Å²) in [5, 5.41) is 0. The van der Waals surface area contributed by atoms with E-state index in [2.05, 4.69) is 0 Å². The first-order chi connectivity index (χ1) is 11.1. The van der Waals surface area contributed by atoms with Gasteiger partial charge in [0.05, 0.1) is 6.10 Å². The van der Waals surface area contributed by atoms with E-state index in [4.69, 9.17) is 15.2 Å². The van der Waals surface area contributed by atoms with Gasteiger partial charge in [-0.2, -0.15) is 0 Å². The molecule has 0 aliphatic carbocycles. The number of nitrogens with two attached hydrogens (primary N) is 1. The molecule has 128 valence electrons. The minimum atomic E-state index is -0.465. The van der Waals surface area contributed by atoms with Gasteiger partial charge in [-0.15, -0.1) is 0 Å². The second-order valence-corrected chi connectivity index (χ2v) is 6.11. The lowest BCUT2D eigenvalue weighted by molar-refractivity contribution is -0.140. The van der Waals surface area contributed by atoms with Crippen molar-refractivity contribution in [2.75, 3.05) is 26.2 Å². The SMILES string of the molecule is Cc1ccc(OC(C)C(=O)N2CCC(OCCCN)CC2)cc1. The van der Waals surface area contributed by atoms with Crippen molar-refractivity contribution in [3.05, 3.63) is 29.8 Å². The maximum Gasteiger partial charge on any atom is 0.263 e. The Morgan fingerprint density at radius 3 is 2.57 bits per heavy atom. The first-order valence-electron chi connectivity index (χ1n) is 8.44. The van der Waals surface area contributed by atoms with Crippen LogP contribution in [0.2, 0.25) is 0 Å². The Labute approximate surface area is 138 Å². The van der Waals surface area contributed by atoms with Crippen LogP contribution in [0.5, 0.6) is 5.75 Å². The number of hydrogen-bond donors (Lipinski definition) is 1. The van der Waals surface area contributed by atoms with E-state index in [9.17, 15) is 4.79 Å². The Kier molecular flexibility index (Phi) is 6.86. The standard InChI is InChI=1S/C18H28N2O3/c1-14-4-6-17(7-5-14)23-15(2)18(21)20-11-8-16(9-12-20)22-13-3-10-19/h4-7,15-16H,3,8-13,19H2,1-2H3. The first-order valence-corrected chi connectivity index (χ1v) is 8.44. The summed E-state index contributed by atoms with van der Waals surface area (Å²) in [6.07, 6.45) is 2.44. The van der Waals surface area contributed by atoms with Crippen molar-refractivity contribution in [1.29, 1.82) is 0 Å². The van der Waals surface area contributed by atoms with Crippen LogP contribution in [0.3, 0.4) is 0 Å². The molecule has 1 aliphatic rings. The van der Waals surface area contributed by atoms with Gasteiger partial charge in [0.1, 0.15) is 5.75 Å². The van der Waals surface area contributed by atoms with E-state index < -0.39 is 6.10 Å². The molecular weight excluding hydrogens is 292 g/mol. The van der Waals surface area contributed by atoms with Crippen molar-refractivity contribution in [3.8, 4) is 5.75 Å². The topological polar surface area (TPSA) is 64.8 Å². The molecule has 2 rings (SSSR count). The van der Waals surface area contributed by atoms with Crippen LogP contribution in [0, 0.1) is 6.92 Å². The fraction of sp³-hybridized carbons (Fsp3) is 0.611. The number of amides is 1. The second kappa shape index (κ2) is 8.89. The molecule has 1 saturated heterocycles. The van der Waals surface area contributed by atoms with Gasteiger partial charge in [0.2, 0.25) is 0 Å². The Morgan fingerprint density at radius 2 is 1.96 bits per heavy atom. The van der Waals surface area contributed by atoms with E-state index >= 15 is 0 Å². The number of ether oxygens (including phenoxy) is 2. The normalized spacial score (nSPS) is 17.1. The minimum Gasteiger partial charge on any atom is -0.481 e. The number of carbonyl (C=O) groups excluding carboxylic acids is 1. The number of hydrogen-bond acceptors (Lipinski definition) is 4. The molecule has 5 heteroatoms. The molecule has 5 nitrogen and oxygen atoms in total. The monoisotopic (exact) mass is 320 g/mol. The van der Waals surface area contributed by atoms with Crippen molar-refractivity contribution in [2.24, 2.45) is 5.73 Å². The van der Waals surface area contributed by atoms with Crippen LogP contribution in [0.1, 0.15) is 31.7 Å². The zero-order valence-corrected chi connectivity index (χ0v) is 14.2. The Hall–Kier alpha value is -1.59. The Bertz CT molecular complexity index is 482. The molecular formula is C18H28N2O3. The van der Waals surface area contributed by atoms with Gasteiger partial charge in [0.25, 0.3) is 5.91 Å². The highest BCUT2D eigenvalue weighted by Gasteiger charge is 2.27. The summed E-state index contributed by atoms with van der Waals surface area (Å²) in [5.41, 5.74) is 6.64. The number of nitrogens with zero attached hydrogens (tertiary/aromatic N) is 1. The van der Waals surface area contributed by atoms with Crippen molar-refractivity contribution in [2.45, 2.75) is 45.3 Å². The highest BCUT2D eigenvalue weighted by molar-refractivity contribution is 5.81. The molecule has 1 aromatic rings. The molecule has 0 bridgehead atoms. The average Bonchev–Trinajstić information content (AvgIpc) is 2.57. The summed E-state index contributed by atoms with van der Waals surface area (Å²) >= 11 is 0. The third-order valence-corrected chi connectivity index (χ3v) is 4.14. The molecule has 0 aromatic heterocycles. The molecule has 0 saturated carbocycles. The molecule has 2 N–H and O–H groups in total. The number of benzene rings is 1.